The summed E-state index contributed by atoms with van der Waals surface area (Å²) >= 11 is 0. The molecule has 0 fully saturated rings. The lowest BCUT2D eigenvalue weighted by molar-refractivity contribution is -0.111. The molecule has 3 aromatic carbocycles. The van der Waals surface area contributed by atoms with Gasteiger partial charge >= 0.3 is 0 Å². The molecule has 168 valence electrons. The molecule has 1 N–H and O–H groups in total. The fourth-order valence-electron chi connectivity index (χ4n) is 3.34. The monoisotopic (exact) mass is 440 g/mol. The summed E-state index contributed by atoms with van der Waals surface area (Å²) in [6, 6.07) is 23.5. The van der Waals surface area contributed by atoms with E-state index in [1.807, 2.05) is 97.8 Å². The molecule has 0 spiro atoms. The molecule has 6 heteroatoms. The second-order valence-electron chi connectivity index (χ2n) is 8.13. The van der Waals surface area contributed by atoms with Gasteiger partial charge in [-0.3, -0.25) is 9.48 Å². The third-order valence-corrected chi connectivity index (χ3v) is 5.15. The van der Waals surface area contributed by atoms with E-state index in [4.69, 9.17) is 4.74 Å². The number of likely N-dealkylation sites (N-methyl/N-ethyl adjacent to an activating group) is 1. The van der Waals surface area contributed by atoms with Gasteiger partial charge in [-0.05, 0) is 61.6 Å². The van der Waals surface area contributed by atoms with Crippen LogP contribution in [0.4, 0.5) is 5.69 Å². The van der Waals surface area contributed by atoms with Crippen molar-refractivity contribution in [3.05, 3.63) is 96.2 Å². The molecule has 4 rings (SSSR count). The summed E-state index contributed by atoms with van der Waals surface area (Å²) in [5.41, 5.74) is 3.71. The number of rotatable bonds is 9. The quantitative estimate of drug-likeness (QED) is 0.379. The molecule has 4 aromatic rings. The zero-order valence-electron chi connectivity index (χ0n) is 18.9. The van der Waals surface area contributed by atoms with Crippen LogP contribution in [0.3, 0.4) is 0 Å². The number of ether oxygens (including phenoxy) is 1. The third kappa shape index (κ3) is 6.54. The van der Waals surface area contributed by atoms with Gasteiger partial charge in [0.2, 0.25) is 5.91 Å². The van der Waals surface area contributed by atoms with E-state index in [1.54, 1.807) is 6.08 Å². The summed E-state index contributed by atoms with van der Waals surface area (Å²) in [5.74, 6) is 0.610. The number of amides is 1. The number of hydrogen-bond acceptors (Lipinski definition) is 4. The molecule has 1 aromatic heterocycles. The Balaban J connectivity index is 1.31. The molecular weight excluding hydrogens is 412 g/mol. The first-order chi connectivity index (χ1) is 16.0. The van der Waals surface area contributed by atoms with Gasteiger partial charge in [0.1, 0.15) is 12.4 Å². The summed E-state index contributed by atoms with van der Waals surface area (Å²) in [5, 5.41) is 8.49. The molecule has 0 unspecified atom stereocenters. The van der Waals surface area contributed by atoms with Crippen molar-refractivity contribution in [1.29, 1.82) is 0 Å². The van der Waals surface area contributed by atoms with Crippen LogP contribution >= 0.6 is 0 Å². The van der Waals surface area contributed by atoms with Gasteiger partial charge < -0.3 is 15.0 Å². The molecule has 0 bridgehead atoms. The maximum Gasteiger partial charge on any atom is 0.248 e. The summed E-state index contributed by atoms with van der Waals surface area (Å²) in [6.07, 6.45) is 5.32. The zero-order chi connectivity index (χ0) is 23.0. The van der Waals surface area contributed by atoms with Gasteiger partial charge in [0.05, 0.1) is 12.1 Å². The van der Waals surface area contributed by atoms with Crippen LogP contribution in [0.2, 0.25) is 0 Å². The highest BCUT2D eigenvalue weighted by molar-refractivity contribution is 6.02. The average Bonchev–Trinajstić information content (AvgIpc) is 3.24. The largest absolute Gasteiger partial charge is 0.489 e. The molecule has 6 nitrogen and oxygen atoms in total. The minimum atomic E-state index is -0.182. The summed E-state index contributed by atoms with van der Waals surface area (Å²) < 4.78 is 7.74. The lowest BCUT2D eigenvalue weighted by Gasteiger charge is -2.08. The molecule has 0 atom stereocenters. The molecule has 0 saturated heterocycles. The summed E-state index contributed by atoms with van der Waals surface area (Å²) in [4.78, 5) is 14.5. The lowest BCUT2D eigenvalue weighted by atomic mass is 10.2. The Morgan fingerprint density at radius 3 is 2.61 bits per heavy atom. The van der Waals surface area contributed by atoms with Crippen molar-refractivity contribution in [1.82, 2.24) is 14.7 Å². The smallest absolute Gasteiger partial charge is 0.248 e. The van der Waals surface area contributed by atoms with Gasteiger partial charge in [-0.25, -0.2) is 0 Å². The van der Waals surface area contributed by atoms with Crippen LogP contribution in [0.25, 0.3) is 17.0 Å². The number of anilines is 1. The van der Waals surface area contributed by atoms with E-state index in [-0.39, 0.29) is 5.91 Å². The predicted molar refractivity (Wildman–Crippen MR) is 133 cm³/mol. The normalized spacial score (nSPS) is 11.4. The number of carbonyl (C=O) groups is 1. The molecule has 0 saturated carbocycles. The fourth-order valence-corrected chi connectivity index (χ4v) is 3.34. The van der Waals surface area contributed by atoms with Crippen LogP contribution in [-0.4, -0.2) is 41.2 Å². The number of aromatic nitrogens is 2. The fraction of sp³-hybridized carbons (Fsp3) is 0.185. The van der Waals surface area contributed by atoms with Crippen molar-refractivity contribution < 1.29 is 9.53 Å². The molecule has 0 aliphatic carbocycles. The molecule has 1 heterocycles. The molecule has 1 amide bonds. The predicted octanol–water partition coefficient (Wildman–Crippen LogP) is 4.83. The lowest BCUT2D eigenvalue weighted by Crippen LogP contribution is -2.18. The van der Waals surface area contributed by atoms with E-state index in [9.17, 15) is 4.79 Å². The second kappa shape index (κ2) is 10.6. The van der Waals surface area contributed by atoms with Gasteiger partial charge in [-0.2, -0.15) is 5.10 Å². The van der Waals surface area contributed by atoms with E-state index in [0.29, 0.717) is 6.61 Å². The Bertz CT molecular complexity index is 1230. The molecular formula is C27H28N4O2. The number of benzene rings is 3. The van der Waals surface area contributed by atoms with Crippen molar-refractivity contribution in [2.24, 2.45) is 0 Å². The van der Waals surface area contributed by atoms with E-state index in [1.165, 1.54) is 6.08 Å². The first-order valence-electron chi connectivity index (χ1n) is 10.9. The minimum Gasteiger partial charge on any atom is -0.489 e. The summed E-state index contributed by atoms with van der Waals surface area (Å²) in [6.45, 7) is 2.27. The van der Waals surface area contributed by atoms with Crippen LogP contribution in [0.5, 0.6) is 5.75 Å². The molecule has 0 radical (unpaired) electrons. The number of fused-ring (bicyclic) bond motifs is 1. The Kier molecular flexibility index (Phi) is 7.17. The van der Waals surface area contributed by atoms with Gasteiger partial charge in [0, 0.05) is 29.9 Å². The first-order valence-corrected chi connectivity index (χ1v) is 10.9. The third-order valence-electron chi connectivity index (χ3n) is 5.15. The molecule has 0 aliphatic rings. The second-order valence-corrected chi connectivity index (χ2v) is 8.13. The Morgan fingerprint density at radius 1 is 1.06 bits per heavy atom. The van der Waals surface area contributed by atoms with Crippen LogP contribution in [0, 0.1) is 0 Å². The maximum absolute atomic E-state index is 12.4. The van der Waals surface area contributed by atoms with Crippen molar-refractivity contribution in [3.8, 4) is 5.75 Å². The Labute approximate surface area is 194 Å². The van der Waals surface area contributed by atoms with E-state index >= 15 is 0 Å². The van der Waals surface area contributed by atoms with Crippen LogP contribution in [-0.2, 0) is 17.9 Å². The average molecular weight is 441 g/mol. The van der Waals surface area contributed by atoms with Gasteiger partial charge in [-0.1, -0.05) is 42.5 Å². The van der Waals surface area contributed by atoms with Crippen molar-refractivity contribution in [3.63, 3.8) is 0 Å². The standard InChI is InChI=1S/C27H28N4O2/c1-30(2)16-17-31-19-23-18-24(11-14-26(23)29-31)28-27(32)15-10-21-8-12-25(13-9-21)33-20-22-6-4-3-5-7-22/h3-15,18-19H,16-17,20H2,1-2H3,(H,28,32)/b15-10+. The van der Waals surface area contributed by atoms with Crippen molar-refractivity contribution in [2.75, 3.05) is 26.0 Å². The van der Waals surface area contributed by atoms with Crippen molar-refractivity contribution >= 4 is 28.6 Å². The minimum absolute atomic E-state index is 0.182. The molecule has 33 heavy (non-hydrogen) atoms. The van der Waals surface area contributed by atoms with Gasteiger partial charge in [0.25, 0.3) is 0 Å². The Morgan fingerprint density at radius 2 is 1.85 bits per heavy atom. The number of nitrogens with one attached hydrogen (secondary N) is 1. The maximum atomic E-state index is 12.4. The highest BCUT2D eigenvalue weighted by Crippen LogP contribution is 2.19. The number of hydrogen-bond donors (Lipinski definition) is 1. The molecule has 0 aliphatic heterocycles. The first kappa shape index (κ1) is 22.3. The van der Waals surface area contributed by atoms with Crippen LogP contribution in [0.15, 0.2) is 85.1 Å². The van der Waals surface area contributed by atoms with Crippen LogP contribution < -0.4 is 10.1 Å². The number of carbonyl (C=O) groups excluding carboxylic acids is 1. The highest BCUT2D eigenvalue weighted by Gasteiger charge is 2.04. The van der Waals surface area contributed by atoms with Gasteiger partial charge in [-0.15, -0.1) is 0 Å². The highest BCUT2D eigenvalue weighted by atomic mass is 16.5. The summed E-state index contributed by atoms with van der Waals surface area (Å²) in [7, 11) is 4.08. The zero-order valence-corrected chi connectivity index (χ0v) is 18.9. The van der Waals surface area contributed by atoms with Gasteiger partial charge in [0.15, 0.2) is 0 Å². The van der Waals surface area contributed by atoms with Crippen molar-refractivity contribution in [2.45, 2.75) is 13.2 Å². The van der Waals surface area contributed by atoms with E-state index < -0.39 is 0 Å². The number of nitrogens with zero attached hydrogens (tertiary/aromatic N) is 3. The van der Waals surface area contributed by atoms with E-state index in [0.717, 1.165) is 46.6 Å². The topological polar surface area (TPSA) is 59.4 Å². The SMILES string of the molecule is CN(C)CCn1cc2cc(NC(=O)/C=C/c3ccc(OCc4ccccc4)cc3)ccc2n1. The van der Waals surface area contributed by atoms with E-state index in [2.05, 4.69) is 15.3 Å². The Hall–Kier alpha value is -3.90. The van der Waals surface area contributed by atoms with Crippen LogP contribution in [0.1, 0.15) is 11.1 Å².